The predicted molar refractivity (Wildman–Crippen MR) is 141 cm³/mol. The Balaban J connectivity index is 1.02. The number of carbonyl (C=O) groups excluding carboxylic acids is 1. The first-order valence-electron chi connectivity index (χ1n) is 13.6. The maximum atomic E-state index is 11.6. The van der Waals surface area contributed by atoms with Crippen LogP contribution < -0.4 is 20.1 Å². The van der Waals surface area contributed by atoms with Crippen molar-refractivity contribution < 1.29 is 23.9 Å². The van der Waals surface area contributed by atoms with Crippen LogP contribution in [0.5, 0.6) is 17.2 Å². The molecule has 7 nitrogen and oxygen atoms in total. The van der Waals surface area contributed by atoms with Gasteiger partial charge in [0, 0.05) is 24.1 Å². The molecule has 4 aliphatic heterocycles. The number of nitrogens with one attached hydrogen (secondary N) is 2. The van der Waals surface area contributed by atoms with Gasteiger partial charge in [0.2, 0.25) is 0 Å². The van der Waals surface area contributed by atoms with Crippen LogP contribution in [0.3, 0.4) is 0 Å². The molecule has 6 rings (SSSR count). The Morgan fingerprint density at radius 2 is 1.92 bits per heavy atom. The van der Waals surface area contributed by atoms with Crippen LogP contribution in [0.25, 0.3) is 0 Å². The second kappa shape index (κ2) is 11.1. The highest BCUT2D eigenvalue weighted by molar-refractivity contribution is 5.96. The van der Waals surface area contributed by atoms with Crippen LogP contribution in [-0.2, 0) is 17.6 Å². The van der Waals surface area contributed by atoms with Crippen molar-refractivity contribution >= 4 is 11.6 Å². The van der Waals surface area contributed by atoms with Crippen molar-refractivity contribution in [2.45, 2.75) is 51.5 Å². The minimum Gasteiger partial charge on any atom is -0.508 e. The van der Waals surface area contributed by atoms with E-state index in [2.05, 4.69) is 41.8 Å². The largest absolute Gasteiger partial charge is 0.508 e. The molecule has 0 unspecified atom stereocenters. The van der Waals surface area contributed by atoms with Crippen molar-refractivity contribution in [3.05, 3.63) is 47.5 Å². The van der Waals surface area contributed by atoms with Gasteiger partial charge in [-0.15, -0.1) is 0 Å². The number of amides is 1. The molecule has 194 valence electrons. The standard InChI is InChI=1S/C29H39N3O4/c1-21(30-11-7-24-18-25(33)19-27-29(24)36-20-28(34)31-27)17-23-3-5-26(6-4-23)35-16-2-12-32-13-8-22(9-14-32)10-15-32/h3-6,18-19,21-22,30H,2,7-17,20H2,1H3,(H-,31,33,34)/p+1/t21-,22?,32?/m0/s1. The highest BCUT2D eigenvalue weighted by Gasteiger charge is 2.38. The number of anilines is 1. The molecule has 3 fully saturated rings. The number of rotatable bonds is 11. The Morgan fingerprint density at radius 3 is 2.67 bits per heavy atom. The normalized spacial score (nSPS) is 23.5. The summed E-state index contributed by atoms with van der Waals surface area (Å²) >= 11 is 0. The van der Waals surface area contributed by atoms with Crippen LogP contribution in [0.1, 0.15) is 43.7 Å². The van der Waals surface area contributed by atoms with E-state index in [0.29, 0.717) is 23.9 Å². The lowest BCUT2D eigenvalue weighted by molar-refractivity contribution is -0.942. The van der Waals surface area contributed by atoms with E-state index in [1.165, 1.54) is 61.6 Å². The first kappa shape index (κ1) is 24.9. The predicted octanol–water partition coefficient (Wildman–Crippen LogP) is 3.89. The molecule has 7 heteroatoms. The third-order valence-electron chi connectivity index (χ3n) is 8.21. The lowest BCUT2D eigenvalue weighted by Crippen LogP contribution is -2.58. The second-order valence-corrected chi connectivity index (χ2v) is 10.9. The Labute approximate surface area is 214 Å². The highest BCUT2D eigenvalue weighted by Crippen LogP contribution is 2.36. The van der Waals surface area contributed by atoms with E-state index in [4.69, 9.17) is 9.47 Å². The van der Waals surface area contributed by atoms with Crippen LogP contribution in [0.15, 0.2) is 36.4 Å². The van der Waals surface area contributed by atoms with E-state index in [0.717, 1.165) is 43.2 Å². The van der Waals surface area contributed by atoms with Gasteiger partial charge in [-0.1, -0.05) is 12.1 Å². The number of phenols is 1. The third-order valence-corrected chi connectivity index (χ3v) is 8.21. The van der Waals surface area contributed by atoms with Crippen molar-refractivity contribution in [1.82, 2.24) is 5.32 Å². The number of hydrogen-bond donors (Lipinski definition) is 3. The van der Waals surface area contributed by atoms with Gasteiger partial charge >= 0.3 is 0 Å². The number of benzene rings is 2. The highest BCUT2D eigenvalue weighted by atomic mass is 16.5. The molecular weight excluding hydrogens is 454 g/mol. The molecule has 2 aromatic rings. The van der Waals surface area contributed by atoms with Crippen LogP contribution in [0.2, 0.25) is 0 Å². The summed E-state index contributed by atoms with van der Waals surface area (Å²) in [7, 11) is 0. The van der Waals surface area contributed by atoms with Gasteiger partial charge in [0.15, 0.2) is 6.61 Å². The number of ether oxygens (including phenoxy) is 2. The van der Waals surface area contributed by atoms with Crippen molar-refractivity contribution in [1.29, 1.82) is 0 Å². The number of hydrogen-bond acceptors (Lipinski definition) is 5. The number of piperidine rings is 3. The zero-order chi connectivity index (χ0) is 25.0. The van der Waals surface area contributed by atoms with Crippen LogP contribution in [0.4, 0.5) is 5.69 Å². The van der Waals surface area contributed by atoms with Crippen LogP contribution in [-0.4, -0.2) is 67.5 Å². The maximum absolute atomic E-state index is 11.6. The van der Waals surface area contributed by atoms with E-state index in [9.17, 15) is 9.90 Å². The molecule has 3 N–H and O–H groups in total. The van der Waals surface area contributed by atoms with E-state index < -0.39 is 0 Å². The summed E-state index contributed by atoms with van der Waals surface area (Å²) in [5.74, 6) is 2.55. The average molecular weight is 495 g/mol. The summed E-state index contributed by atoms with van der Waals surface area (Å²) in [6.07, 6.45) is 7.05. The molecule has 1 atom stereocenters. The Hall–Kier alpha value is -2.77. The van der Waals surface area contributed by atoms with Gasteiger partial charge in [0.25, 0.3) is 5.91 Å². The fourth-order valence-electron chi connectivity index (χ4n) is 6.11. The molecule has 2 aromatic carbocycles. The van der Waals surface area contributed by atoms with Crippen molar-refractivity contribution in [2.75, 3.05) is 51.3 Å². The summed E-state index contributed by atoms with van der Waals surface area (Å²) in [6.45, 7) is 9.14. The maximum Gasteiger partial charge on any atom is 0.262 e. The Morgan fingerprint density at radius 1 is 1.17 bits per heavy atom. The monoisotopic (exact) mass is 494 g/mol. The summed E-state index contributed by atoms with van der Waals surface area (Å²) in [4.78, 5) is 11.6. The Kier molecular flexibility index (Phi) is 7.67. The summed E-state index contributed by atoms with van der Waals surface area (Å²) in [5.41, 5.74) is 2.70. The van der Waals surface area contributed by atoms with Gasteiger partial charge < -0.3 is 29.7 Å². The zero-order valence-corrected chi connectivity index (χ0v) is 21.4. The Bertz CT molecular complexity index is 1030. The molecule has 0 aliphatic carbocycles. The molecule has 4 aliphatic rings. The zero-order valence-electron chi connectivity index (χ0n) is 21.4. The first-order valence-corrected chi connectivity index (χ1v) is 13.6. The fraction of sp³-hybridized carbons (Fsp3) is 0.552. The summed E-state index contributed by atoms with van der Waals surface area (Å²) < 4.78 is 13.0. The molecule has 4 heterocycles. The lowest BCUT2D eigenvalue weighted by atomic mass is 9.85. The van der Waals surface area contributed by atoms with Gasteiger partial charge in [0.05, 0.1) is 38.5 Å². The third kappa shape index (κ3) is 6.13. The summed E-state index contributed by atoms with van der Waals surface area (Å²) in [6, 6.07) is 12.0. The quantitative estimate of drug-likeness (QED) is 0.326. The summed E-state index contributed by atoms with van der Waals surface area (Å²) in [5, 5.41) is 16.3. The van der Waals surface area contributed by atoms with Crippen molar-refractivity contribution in [2.24, 2.45) is 5.92 Å². The van der Waals surface area contributed by atoms with Gasteiger partial charge in [-0.2, -0.15) is 0 Å². The number of fused-ring (bicyclic) bond motifs is 4. The van der Waals surface area contributed by atoms with Gasteiger partial charge in [-0.3, -0.25) is 4.79 Å². The number of quaternary nitrogens is 1. The van der Waals surface area contributed by atoms with Gasteiger partial charge in [0.1, 0.15) is 17.2 Å². The van der Waals surface area contributed by atoms with Gasteiger partial charge in [-0.25, -0.2) is 0 Å². The number of nitrogens with zero attached hydrogens (tertiary/aromatic N) is 1. The van der Waals surface area contributed by atoms with E-state index in [1.807, 2.05) is 0 Å². The molecule has 3 saturated heterocycles. The molecule has 0 spiro atoms. The molecular formula is C29H40N3O4+. The van der Waals surface area contributed by atoms with E-state index >= 15 is 0 Å². The smallest absolute Gasteiger partial charge is 0.262 e. The van der Waals surface area contributed by atoms with Crippen LogP contribution in [0, 0.1) is 5.92 Å². The average Bonchev–Trinajstić information content (AvgIpc) is 2.88. The minimum atomic E-state index is -0.201. The molecule has 0 saturated carbocycles. The second-order valence-electron chi connectivity index (χ2n) is 10.9. The van der Waals surface area contributed by atoms with E-state index in [-0.39, 0.29) is 18.3 Å². The number of phenolic OH excluding ortho intramolecular Hbond substituents is 1. The topological polar surface area (TPSA) is 79.8 Å². The molecule has 0 radical (unpaired) electrons. The molecule has 0 aromatic heterocycles. The molecule has 36 heavy (non-hydrogen) atoms. The number of carbonyl (C=O) groups is 1. The van der Waals surface area contributed by atoms with Crippen molar-refractivity contribution in [3.63, 3.8) is 0 Å². The van der Waals surface area contributed by atoms with Crippen LogP contribution >= 0.6 is 0 Å². The first-order chi connectivity index (χ1) is 17.5. The number of aromatic hydroxyl groups is 1. The lowest BCUT2D eigenvalue weighted by Gasteiger charge is -2.49. The minimum absolute atomic E-state index is 0.00863. The SMILES string of the molecule is C[C@@H](Cc1ccc(OCCC[N+]23CCC(CC2)CC3)cc1)NCCc1cc(O)cc2c1OCC(=O)N2. The van der Waals surface area contributed by atoms with E-state index in [1.54, 1.807) is 6.07 Å². The molecule has 1 amide bonds. The van der Waals surface area contributed by atoms with Gasteiger partial charge in [-0.05, 0) is 75.3 Å². The van der Waals surface area contributed by atoms with Crippen molar-refractivity contribution in [3.8, 4) is 17.2 Å². The fourth-order valence-corrected chi connectivity index (χ4v) is 6.11. The molecule has 2 bridgehead atoms.